The van der Waals surface area contributed by atoms with E-state index in [0.29, 0.717) is 23.5 Å². The zero-order valence-electron chi connectivity index (χ0n) is 13.0. The Balaban J connectivity index is 3.21. The molecule has 0 spiro atoms. The maximum Gasteiger partial charge on any atom is 0.326 e. The van der Waals surface area contributed by atoms with Gasteiger partial charge in [-0.15, -0.1) is 0 Å². The van der Waals surface area contributed by atoms with Gasteiger partial charge in [0.25, 0.3) is 5.91 Å². The highest BCUT2D eigenvalue weighted by molar-refractivity contribution is 5.97. The molecule has 1 N–H and O–H groups in total. The molecule has 0 fully saturated rings. The first-order valence-corrected chi connectivity index (χ1v) is 6.59. The largest absolute Gasteiger partial charge is 0.496 e. The van der Waals surface area contributed by atoms with Crippen LogP contribution in [0.25, 0.3) is 0 Å². The van der Waals surface area contributed by atoms with E-state index in [0.717, 1.165) is 5.56 Å². The Morgan fingerprint density at radius 2 is 1.71 bits per heavy atom. The van der Waals surface area contributed by atoms with Gasteiger partial charge in [0.05, 0.1) is 14.2 Å². The fraction of sp³-hybridized carbons (Fsp3) is 0.467. The third kappa shape index (κ3) is 3.45. The van der Waals surface area contributed by atoms with Crippen LogP contribution in [0.5, 0.6) is 11.5 Å². The molecule has 0 saturated carbocycles. The molecule has 1 amide bonds. The summed E-state index contributed by atoms with van der Waals surface area (Å²) in [6, 6.07) is 2.31. The number of carbonyl (C=O) groups is 2. The summed E-state index contributed by atoms with van der Waals surface area (Å²) < 4.78 is 10.5. The van der Waals surface area contributed by atoms with Crippen LogP contribution in [0.3, 0.4) is 0 Å². The number of aliphatic carboxylic acids is 1. The van der Waals surface area contributed by atoms with E-state index >= 15 is 0 Å². The number of likely N-dealkylation sites (N-methyl/N-ethyl adjacent to an activating group) is 1. The van der Waals surface area contributed by atoms with Gasteiger partial charge in [-0.25, -0.2) is 4.79 Å². The smallest absolute Gasteiger partial charge is 0.326 e. The summed E-state index contributed by atoms with van der Waals surface area (Å²) >= 11 is 0. The number of methoxy groups -OCH3 is 2. The van der Waals surface area contributed by atoms with E-state index in [9.17, 15) is 9.59 Å². The van der Waals surface area contributed by atoms with Crippen LogP contribution in [0.1, 0.15) is 29.3 Å². The number of amides is 1. The first kappa shape index (κ1) is 16.8. The molecular formula is C15H21NO5. The SMILES string of the molecule is CCC(C(=O)O)N(C)C(=O)c1cc(OC)c(C)c(OC)c1. The number of hydrogen-bond donors (Lipinski definition) is 1. The van der Waals surface area contributed by atoms with E-state index < -0.39 is 12.0 Å². The average Bonchev–Trinajstić information content (AvgIpc) is 2.46. The Hall–Kier alpha value is -2.24. The lowest BCUT2D eigenvalue weighted by molar-refractivity contribution is -0.142. The number of carboxylic acids is 1. The van der Waals surface area contributed by atoms with Gasteiger partial charge in [0, 0.05) is 18.2 Å². The summed E-state index contributed by atoms with van der Waals surface area (Å²) in [6.07, 6.45) is 0.331. The Labute approximate surface area is 124 Å². The molecule has 0 aromatic heterocycles. The van der Waals surface area contributed by atoms with Crippen LogP contribution in [-0.2, 0) is 4.79 Å². The summed E-state index contributed by atoms with van der Waals surface area (Å²) in [5, 5.41) is 9.14. The van der Waals surface area contributed by atoms with Crippen LogP contribution < -0.4 is 9.47 Å². The van der Waals surface area contributed by atoms with Crippen molar-refractivity contribution in [2.45, 2.75) is 26.3 Å². The second kappa shape index (κ2) is 6.97. The predicted octanol–water partition coefficient (Wildman–Crippen LogP) is 1.95. The fourth-order valence-corrected chi connectivity index (χ4v) is 2.17. The third-order valence-corrected chi connectivity index (χ3v) is 3.46. The first-order chi connectivity index (χ1) is 9.87. The van der Waals surface area contributed by atoms with E-state index in [2.05, 4.69) is 0 Å². The van der Waals surface area contributed by atoms with Crippen LogP contribution in [0, 0.1) is 6.92 Å². The van der Waals surface area contributed by atoms with Gasteiger partial charge in [-0.2, -0.15) is 0 Å². The minimum Gasteiger partial charge on any atom is -0.496 e. The zero-order valence-corrected chi connectivity index (χ0v) is 13.0. The predicted molar refractivity (Wildman–Crippen MR) is 78.1 cm³/mol. The monoisotopic (exact) mass is 295 g/mol. The molecule has 1 rings (SSSR count). The Morgan fingerprint density at radius 1 is 1.24 bits per heavy atom. The van der Waals surface area contributed by atoms with Crippen LogP contribution in [0.15, 0.2) is 12.1 Å². The second-order valence-electron chi connectivity index (χ2n) is 4.68. The van der Waals surface area contributed by atoms with Crippen LogP contribution in [0.2, 0.25) is 0 Å². The van der Waals surface area contributed by atoms with E-state index in [4.69, 9.17) is 14.6 Å². The van der Waals surface area contributed by atoms with Crippen LogP contribution in [-0.4, -0.2) is 49.2 Å². The van der Waals surface area contributed by atoms with Crippen LogP contribution >= 0.6 is 0 Å². The Morgan fingerprint density at radius 3 is 2.05 bits per heavy atom. The van der Waals surface area contributed by atoms with Crippen molar-refractivity contribution < 1.29 is 24.2 Å². The molecule has 1 atom stereocenters. The summed E-state index contributed by atoms with van der Waals surface area (Å²) in [6.45, 7) is 3.54. The van der Waals surface area contributed by atoms with Crippen molar-refractivity contribution in [3.8, 4) is 11.5 Å². The number of hydrogen-bond acceptors (Lipinski definition) is 4. The number of carboxylic acid groups (broad SMARTS) is 1. The van der Waals surface area contributed by atoms with E-state index in [1.807, 2.05) is 6.92 Å². The van der Waals surface area contributed by atoms with Crippen LogP contribution in [0.4, 0.5) is 0 Å². The maximum atomic E-state index is 12.4. The molecule has 116 valence electrons. The van der Waals surface area contributed by atoms with Crippen molar-refractivity contribution in [1.29, 1.82) is 0 Å². The lowest BCUT2D eigenvalue weighted by Crippen LogP contribution is -2.42. The molecule has 0 aliphatic heterocycles. The summed E-state index contributed by atoms with van der Waals surface area (Å²) in [7, 11) is 4.49. The number of benzene rings is 1. The maximum absolute atomic E-state index is 12.4. The second-order valence-corrected chi connectivity index (χ2v) is 4.68. The van der Waals surface area contributed by atoms with Crippen molar-refractivity contribution in [3.05, 3.63) is 23.3 Å². The molecule has 1 aromatic rings. The Bertz CT molecular complexity index is 516. The average molecular weight is 295 g/mol. The minimum atomic E-state index is -1.03. The molecule has 0 aliphatic rings. The number of carbonyl (C=O) groups excluding carboxylic acids is 1. The Kier molecular flexibility index (Phi) is 5.58. The molecule has 6 heteroatoms. The molecule has 0 saturated heterocycles. The molecular weight excluding hydrogens is 274 g/mol. The van der Waals surface area contributed by atoms with Gasteiger partial charge in [0.2, 0.25) is 0 Å². The van der Waals surface area contributed by atoms with Gasteiger partial charge in [0.1, 0.15) is 17.5 Å². The number of nitrogens with zero attached hydrogens (tertiary/aromatic N) is 1. The number of ether oxygens (including phenoxy) is 2. The normalized spacial score (nSPS) is 11.7. The minimum absolute atomic E-state index is 0.330. The summed E-state index contributed by atoms with van der Waals surface area (Å²) in [4.78, 5) is 24.8. The molecule has 0 heterocycles. The molecule has 0 bridgehead atoms. The molecule has 0 aliphatic carbocycles. The van der Waals surface area contributed by atoms with Crippen molar-refractivity contribution in [2.75, 3.05) is 21.3 Å². The van der Waals surface area contributed by atoms with Crippen molar-refractivity contribution in [3.63, 3.8) is 0 Å². The van der Waals surface area contributed by atoms with Crippen molar-refractivity contribution >= 4 is 11.9 Å². The lowest BCUT2D eigenvalue weighted by Gasteiger charge is -2.24. The third-order valence-electron chi connectivity index (χ3n) is 3.46. The summed E-state index contributed by atoms with van der Waals surface area (Å²) in [5.41, 5.74) is 1.11. The highest BCUT2D eigenvalue weighted by atomic mass is 16.5. The van der Waals surface area contributed by atoms with E-state index in [-0.39, 0.29) is 5.91 Å². The van der Waals surface area contributed by atoms with Gasteiger partial charge in [-0.3, -0.25) is 4.79 Å². The molecule has 1 unspecified atom stereocenters. The van der Waals surface area contributed by atoms with Crippen molar-refractivity contribution in [2.24, 2.45) is 0 Å². The van der Waals surface area contributed by atoms with Gasteiger partial charge in [-0.05, 0) is 25.5 Å². The van der Waals surface area contributed by atoms with E-state index in [1.165, 1.54) is 26.2 Å². The standard InChI is InChI=1S/C15H21NO5/c1-6-11(15(18)19)16(3)14(17)10-7-12(20-4)9(2)13(8-10)21-5/h7-8,11H,6H2,1-5H3,(H,18,19). The highest BCUT2D eigenvalue weighted by Crippen LogP contribution is 2.30. The molecule has 0 radical (unpaired) electrons. The fourth-order valence-electron chi connectivity index (χ4n) is 2.17. The highest BCUT2D eigenvalue weighted by Gasteiger charge is 2.26. The van der Waals surface area contributed by atoms with Gasteiger partial charge in [0.15, 0.2) is 0 Å². The quantitative estimate of drug-likeness (QED) is 0.868. The topological polar surface area (TPSA) is 76.1 Å². The molecule has 6 nitrogen and oxygen atoms in total. The summed E-state index contributed by atoms with van der Waals surface area (Å²) in [5.74, 6) is -0.371. The zero-order chi connectivity index (χ0) is 16.2. The van der Waals surface area contributed by atoms with Crippen molar-refractivity contribution in [1.82, 2.24) is 4.90 Å². The lowest BCUT2D eigenvalue weighted by atomic mass is 10.1. The van der Waals surface area contributed by atoms with Gasteiger partial charge < -0.3 is 19.5 Å². The molecule has 1 aromatic carbocycles. The number of rotatable bonds is 6. The van der Waals surface area contributed by atoms with Gasteiger partial charge >= 0.3 is 5.97 Å². The molecule has 21 heavy (non-hydrogen) atoms. The first-order valence-electron chi connectivity index (χ1n) is 6.59. The van der Waals surface area contributed by atoms with E-state index in [1.54, 1.807) is 19.1 Å². The van der Waals surface area contributed by atoms with Gasteiger partial charge in [-0.1, -0.05) is 6.92 Å².